The molecule has 3 atom stereocenters. The molecule has 4 rings (SSSR count). The second kappa shape index (κ2) is 7.07. The molecule has 0 N–H and O–H groups in total. The van der Waals surface area contributed by atoms with E-state index < -0.39 is 0 Å². The van der Waals surface area contributed by atoms with Gasteiger partial charge in [-0.15, -0.1) is 0 Å². The first-order chi connectivity index (χ1) is 12.8. The SMILES string of the molecule is COc1cncc([C@@H]2[C@@H](c3cncc(OC)n3)C[C@H]2c2ccccc2)n1. The highest BCUT2D eigenvalue weighted by Gasteiger charge is 2.45. The third-order valence-corrected chi connectivity index (χ3v) is 5.00. The quantitative estimate of drug-likeness (QED) is 0.704. The second-order valence-corrected chi connectivity index (χ2v) is 6.36. The standard InChI is InChI=1S/C20H20N4O2/c1-25-18-11-21-9-16(23-18)15-8-14(13-6-4-3-5-7-13)20(15)17-10-22-12-19(24-17)26-2/h3-7,9-12,14-15,20H,8H2,1-2H3/t14-,15+,20-/m0/s1. The number of hydrogen-bond donors (Lipinski definition) is 0. The molecule has 6 nitrogen and oxygen atoms in total. The highest BCUT2D eigenvalue weighted by Crippen LogP contribution is 2.57. The molecule has 26 heavy (non-hydrogen) atoms. The number of methoxy groups -OCH3 is 2. The number of benzene rings is 1. The zero-order valence-corrected chi connectivity index (χ0v) is 14.7. The summed E-state index contributed by atoms with van der Waals surface area (Å²) in [5.74, 6) is 1.79. The minimum absolute atomic E-state index is 0.168. The van der Waals surface area contributed by atoms with E-state index in [0.717, 1.165) is 17.8 Å². The Kier molecular flexibility index (Phi) is 4.48. The van der Waals surface area contributed by atoms with Crippen LogP contribution in [0.4, 0.5) is 0 Å². The van der Waals surface area contributed by atoms with Crippen molar-refractivity contribution in [2.45, 2.75) is 24.2 Å². The Morgan fingerprint density at radius 2 is 1.38 bits per heavy atom. The fourth-order valence-electron chi connectivity index (χ4n) is 3.67. The van der Waals surface area contributed by atoms with E-state index in [1.807, 2.05) is 18.5 Å². The van der Waals surface area contributed by atoms with E-state index in [1.54, 1.807) is 26.6 Å². The number of hydrogen-bond acceptors (Lipinski definition) is 6. The van der Waals surface area contributed by atoms with Crippen molar-refractivity contribution < 1.29 is 9.47 Å². The maximum absolute atomic E-state index is 5.27. The van der Waals surface area contributed by atoms with Gasteiger partial charge in [0.25, 0.3) is 0 Å². The Hall–Kier alpha value is -3.02. The van der Waals surface area contributed by atoms with Crippen LogP contribution in [0.25, 0.3) is 0 Å². The van der Waals surface area contributed by atoms with Crippen LogP contribution in [0.2, 0.25) is 0 Å². The van der Waals surface area contributed by atoms with Crippen molar-refractivity contribution in [3.05, 3.63) is 72.1 Å². The minimum Gasteiger partial charge on any atom is -0.480 e. The van der Waals surface area contributed by atoms with Crippen LogP contribution in [0.15, 0.2) is 55.1 Å². The number of aromatic nitrogens is 4. The third-order valence-electron chi connectivity index (χ3n) is 5.00. The summed E-state index contributed by atoms with van der Waals surface area (Å²) in [6.07, 6.45) is 7.87. The van der Waals surface area contributed by atoms with Gasteiger partial charge >= 0.3 is 0 Å². The van der Waals surface area contributed by atoms with Crippen LogP contribution in [0.1, 0.15) is 41.1 Å². The molecule has 1 fully saturated rings. The highest BCUT2D eigenvalue weighted by molar-refractivity contribution is 5.35. The van der Waals surface area contributed by atoms with Gasteiger partial charge in [-0.1, -0.05) is 30.3 Å². The summed E-state index contributed by atoms with van der Waals surface area (Å²) in [4.78, 5) is 17.8. The molecule has 2 heterocycles. The average molecular weight is 348 g/mol. The molecule has 1 aliphatic rings. The van der Waals surface area contributed by atoms with Crippen LogP contribution in [-0.2, 0) is 0 Å². The van der Waals surface area contributed by atoms with Crippen molar-refractivity contribution in [2.75, 3.05) is 14.2 Å². The molecule has 0 saturated heterocycles. The van der Waals surface area contributed by atoms with Crippen LogP contribution in [0.3, 0.4) is 0 Å². The maximum atomic E-state index is 5.27. The topological polar surface area (TPSA) is 70.0 Å². The Morgan fingerprint density at radius 3 is 2.04 bits per heavy atom. The zero-order chi connectivity index (χ0) is 17.9. The van der Waals surface area contributed by atoms with E-state index in [1.165, 1.54) is 5.56 Å². The summed E-state index contributed by atoms with van der Waals surface area (Å²) in [7, 11) is 3.21. The van der Waals surface area contributed by atoms with Crippen molar-refractivity contribution in [3.63, 3.8) is 0 Å². The van der Waals surface area contributed by atoms with Gasteiger partial charge < -0.3 is 9.47 Å². The van der Waals surface area contributed by atoms with E-state index >= 15 is 0 Å². The van der Waals surface area contributed by atoms with Gasteiger partial charge in [-0.3, -0.25) is 9.97 Å². The Morgan fingerprint density at radius 1 is 0.769 bits per heavy atom. The lowest BCUT2D eigenvalue weighted by Crippen LogP contribution is -2.33. The van der Waals surface area contributed by atoms with Crippen LogP contribution < -0.4 is 9.47 Å². The monoisotopic (exact) mass is 348 g/mol. The molecule has 0 bridgehead atoms. The fourth-order valence-corrected chi connectivity index (χ4v) is 3.67. The number of ether oxygens (including phenoxy) is 2. The summed E-state index contributed by atoms with van der Waals surface area (Å²) in [5, 5.41) is 0. The van der Waals surface area contributed by atoms with Crippen molar-refractivity contribution >= 4 is 0 Å². The molecular weight excluding hydrogens is 328 g/mol. The fraction of sp³-hybridized carbons (Fsp3) is 0.300. The number of rotatable bonds is 5. The summed E-state index contributed by atoms with van der Waals surface area (Å²) in [6, 6.07) is 10.5. The van der Waals surface area contributed by atoms with Gasteiger partial charge in [-0.2, -0.15) is 0 Å². The zero-order valence-electron chi connectivity index (χ0n) is 14.7. The molecule has 1 aliphatic carbocycles. The first-order valence-electron chi connectivity index (χ1n) is 8.57. The maximum Gasteiger partial charge on any atom is 0.232 e. The minimum atomic E-state index is 0.168. The lowest BCUT2D eigenvalue weighted by atomic mass is 9.60. The molecular formula is C20H20N4O2. The normalized spacial score (nSPS) is 21.7. The van der Waals surface area contributed by atoms with Crippen molar-refractivity contribution in [1.82, 2.24) is 19.9 Å². The Labute approximate surface area is 152 Å². The van der Waals surface area contributed by atoms with Gasteiger partial charge in [-0.25, -0.2) is 9.97 Å². The second-order valence-electron chi connectivity index (χ2n) is 6.36. The van der Waals surface area contributed by atoms with Crippen LogP contribution in [0.5, 0.6) is 11.8 Å². The molecule has 3 aromatic rings. The van der Waals surface area contributed by atoms with Gasteiger partial charge in [0.15, 0.2) is 0 Å². The molecule has 0 amide bonds. The first-order valence-corrected chi connectivity index (χ1v) is 8.57. The van der Waals surface area contributed by atoms with Crippen molar-refractivity contribution in [1.29, 1.82) is 0 Å². The van der Waals surface area contributed by atoms with Gasteiger partial charge in [0, 0.05) is 24.2 Å². The van der Waals surface area contributed by atoms with E-state index in [-0.39, 0.29) is 11.8 Å². The van der Waals surface area contributed by atoms with E-state index in [9.17, 15) is 0 Å². The molecule has 2 aromatic heterocycles. The van der Waals surface area contributed by atoms with Gasteiger partial charge in [0.05, 0.1) is 38.0 Å². The highest BCUT2D eigenvalue weighted by atomic mass is 16.5. The van der Waals surface area contributed by atoms with Gasteiger partial charge in [-0.05, 0) is 17.9 Å². The smallest absolute Gasteiger partial charge is 0.232 e. The van der Waals surface area contributed by atoms with Crippen molar-refractivity contribution in [2.24, 2.45) is 0 Å². The van der Waals surface area contributed by atoms with Gasteiger partial charge in [0.2, 0.25) is 11.8 Å². The van der Waals surface area contributed by atoms with E-state index in [2.05, 4.69) is 44.2 Å². The molecule has 1 aromatic carbocycles. The molecule has 1 saturated carbocycles. The van der Waals surface area contributed by atoms with Crippen LogP contribution in [-0.4, -0.2) is 34.2 Å². The van der Waals surface area contributed by atoms with Crippen LogP contribution in [0, 0.1) is 0 Å². The predicted molar refractivity (Wildman–Crippen MR) is 96.5 cm³/mol. The molecule has 0 radical (unpaired) electrons. The predicted octanol–water partition coefficient (Wildman–Crippen LogP) is 3.34. The van der Waals surface area contributed by atoms with Gasteiger partial charge in [0.1, 0.15) is 0 Å². The van der Waals surface area contributed by atoms with E-state index in [4.69, 9.17) is 9.47 Å². The lowest BCUT2D eigenvalue weighted by molar-refractivity contribution is 0.268. The number of nitrogens with zero attached hydrogens (tertiary/aromatic N) is 4. The summed E-state index contributed by atoms with van der Waals surface area (Å²) >= 11 is 0. The molecule has 0 aliphatic heterocycles. The lowest BCUT2D eigenvalue weighted by Gasteiger charge is -2.44. The first kappa shape index (κ1) is 16.4. The molecule has 6 heteroatoms. The molecule has 132 valence electrons. The summed E-state index contributed by atoms with van der Waals surface area (Å²) in [6.45, 7) is 0. The third kappa shape index (κ3) is 2.98. The average Bonchev–Trinajstić information content (AvgIpc) is 2.68. The van der Waals surface area contributed by atoms with Crippen molar-refractivity contribution in [3.8, 4) is 11.8 Å². The summed E-state index contributed by atoms with van der Waals surface area (Å²) < 4.78 is 10.5. The van der Waals surface area contributed by atoms with E-state index in [0.29, 0.717) is 17.7 Å². The Bertz CT molecular complexity index is 888. The largest absolute Gasteiger partial charge is 0.480 e. The van der Waals surface area contributed by atoms with Crippen LogP contribution >= 0.6 is 0 Å². The summed E-state index contributed by atoms with van der Waals surface area (Å²) in [5.41, 5.74) is 3.14. The molecule has 0 spiro atoms. The Balaban J connectivity index is 1.72. The molecule has 0 unspecified atom stereocenters.